The van der Waals surface area contributed by atoms with Crippen molar-refractivity contribution < 1.29 is 23.1 Å². The van der Waals surface area contributed by atoms with Gasteiger partial charge in [-0.05, 0) is 24.1 Å². The number of carbonyl (C=O) groups is 1. The number of nitrogens with one attached hydrogen (secondary N) is 1. The van der Waals surface area contributed by atoms with Crippen molar-refractivity contribution in [1.29, 1.82) is 0 Å². The lowest BCUT2D eigenvalue weighted by Crippen LogP contribution is -2.08. The summed E-state index contributed by atoms with van der Waals surface area (Å²) in [5, 5.41) is 9.45. The second kappa shape index (κ2) is 4.36. The summed E-state index contributed by atoms with van der Waals surface area (Å²) in [6, 6.07) is 6.19. The number of aromatic amines is 1. The van der Waals surface area contributed by atoms with Crippen molar-refractivity contribution in [3.05, 3.63) is 35.5 Å². The van der Waals surface area contributed by atoms with E-state index < -0.39 is 18.6 Å². The van der Waals surface area contributed by atoms with Gasteiger partial charge in [-0.2, -0.15) is 13.2 Å². The van der Waals surface area contributed by atoms with Gasteiger partial charge in [-0.25, -0.2) is 4.79 Å². The normalized spacial score (nSPS) is 11.9. The molecule has 0 atom stereocenters. The molecule has 1 heterocycles. The Morgan fingerprint density at radius 2 is 2.00 bits per heavy atom. The van der Waals surface area contributed by atoms with E-state index in [9.17, 15) is 18.0 Å². The van der Waals surface area contributed by atoms with E-state index in [1.807, 2.05) is 0 Å². The highest BCUT2D eigenvalue weighted by Gasteiger charge is 2.26. The summed E-state index contributed by atoms with van der Waals surface area (Å²) in [7, 11) is 0. The Morgan fingerprint density at radius 3 is 2.61 bits per heavy atom. The van der Waals surface area contributed by atoms with E-state index in [4.69, 9.17) is 5.11 Å². The van der Waals surface area contributed by atoms with E-state index in [0.717, 1.165) is 0 Å². The number of alkyl halides is 3. The molecule has 0 amide bonds. The first-order chi connectivity index (χ1) is 8.35. The van der Waals surface area contributed by atoms with Crippen molar-refractivity contribution in [3.63, 3.8) is 0 Å². The van der Waals surface area contributed by atoms with Crippen molar-refractivity contribution in [2.75, 3.05) is 0 Å². The molecule has 0 aliphatic heterocycles. The van der Waals surface area contributed by atoms with Gasteiger partial charge in [0.15, 0.2) is 0 Å². The number of rotatable bonds is 3. The maximum Gasteiger partial charge on any atom is 0.389 e. The van der Waals surface area contributed by atoms with Gasteiger partial charge in [0.2, 0.25) is 0 Å². The fraction of sp³-hybridized carbons (Fsp3) is 0.250. The van der Waals surface area contributed by atoms with E-state index in [2.05, 4.69) is 4.98 Å². The molecular formula is C12H10F3NO2. The molecule has 0 bridgehead atoms. The highest BCUT2D eigenvalue weighted by molar-refractivity contribution is 5.93. The van der Waals surface area contributed by atoms with Gasteiger partial charge < -0.3 is 10.1 Å². The molecule has 0 saturated heterocycles. The molecule has 2 rings (SSSR count). The molecule has 0 fully saturated rings. The van der Waals surface area contributed by atoms with Crippen molar-refractivity contribution in [1.82, 2.24) is 4.98 Å². The SMILES string of the molecule is O=C(O)c1cc2ccc(CCC(F)(F)F)cc2[nH]1. The molecule has 3 nitrogen and oxygen atoms in total. The Balaban J connectivity index is 2.24. The van der Waals surface area contributed by atoms with Gasteiger partial charge >= 0.3 is 12.1 Å². The minimum Gasteiger partial charge on any atom is -0.477 e. The standard InChI is InChI=1S/C12H10F3NO2/c13-12(14,15)4-3-7-1-2-8-6-10(11(17)18)16-9(8)5-7/h1-2,5-6,16H,3-4H2,(H,17,18). The minimum atomic E-state index is -4.18. The zero-order valence-electron chi connectivity index (χ0n) is 9.21. The van der Waals surface area contributed by atoms with Gasteiger partial charge in [0, 0.05) is 17.3 Å². The number of benzene rings is 1. The van der Waals surface area contributed by atoms with Crippen LogP contribution in [-0.2, 0) is 6.42 Å². The molecule has 1 aromatic heterocycles. The van der Waals surface area contributed by atoms with Gasteiger partial charge in [0.25, 0.3) is 0 Å². The van der Waals surface area contributed by atoms with E-state index in [0.29, 0.717) is 16.5 Å². The lowest BCUT2D eigenvalue weighted by atomic mass is 10.1. The zero-order valence-corrected chi connectivity index (χ0v) is 9.21. The average molecular weight is 257 g/mol. The summed E-state index contributed by atoms with van der Waals surface area (Å²) < 4.78 is 36.2. The molecular weight excluding hydrogens is 247 g/mol. The molecule has 0 saturated carbocycles. The highest BCUT2D eigenvalue weighted by Crippen LogP contribution is 2.24. The maximum absolute atomic E-state index is 12.1. The van der Waals surface area contributed by atoms with E-state index in [1.165, 1.54) is 6.07 Å². The average Bonchev–Trinajstić information content (AvgIpc) is 2.68. The number of aromatic nitrogens is 1. The summed E-state index contributed by atoms with van der Waals surface area (Å²) in [6.07, 6.45) is -5.18. The number of aromatic carboxylic acids is 1. The van der Waals surface area contributed by atoms with Crippen LogP contribution in [0.4, 0.5) is 13.2 Å². The molecule has 96 valence electrons. The summed E-state index contributed by atoms with van der Waals surface area (Å²) in [5.74, 6) is -1.09. The van der Waals surface area contributed by atoms with Crippen molar-refractivity contribution >= 4 is 16.9 Å². The largest absolute Gasteiger partial charge is 0.477 e. The number of aryl methyl sites for hydroxylation is 1. The van der Waals surface area contributed by atoms with Crippen LogP contribution in [-0.4, -0.2) is 22.2 Å². The van der Waals surface area contributed by atoms with E-state index in [1.54, 1.807) is 18.2 Å². The maximum atomic E-state index is 12.1. The second-order valence-electron chi connectivity index (χ2n) is 4.02. The Labute approximate surface area is 100 Å². The molecule has 0 aliphatic carbocycles. The number of carboxylic acids is 1. The van der Waals surface area contributed by atoms with Crippen LogP contribution >= 0.6 is 0 Å². The number of hydrogen-bond donors (Lipinski definition) is 2. The molecule has 0 radical (unpaired) electrons. The second-order valence-corrected chi connectivity index (χ2v) is 4.02. The van der Waals surface area contributed by atoms with Crippen LogP contribution < -0.4 is 0 Å². The molecule has 0 aliphatic rings. The predicted octanol–water partition coefficient (Wildman–Crippen LogP) is 3.36. The van der Waals surface area contributed by atoms with Gasteiger partial charge in [0.1, 0.15) is 5.69 Å². The monoisotopic (exact) mass is 257 g/mol. The lowest BCUT2D eigenvalue weighted by Gasteiger charge is -2.05. The van der Waals surface area contributed by atoms with Crippen molar-refractivity contribution in [2.45, 2.75) is 19.0 Å². The third kappa shape index (κ3) is 2.82. The lowest BCUT2D eigenvalue weighted by molar-refractivity contribution is -0.133. The third-order valence-corrected chi connectivity index (χ3v) is 2.61. The summed E-state index contributed by atoms with van der Waals surface area (Å²) in [6.45, 7) is 0. The minimum absolute atomic E-state index is 0.0259. The van der Waals surface area contributed by atoms with Crippen molar-refractivity contribution in [3.8, 4) is 0 Å². The summed E-state index contributed by atoms with van der Waals surface area (Å²) in [5.41, 5.74) is 1.09. The summed E-state index contributed by atoms with van der Waals surface area (Å²) in [4.78, 5) is 13.4. The Bertz CT molecular complexity index is 587. The highest BCUT2D eigenvalue weighted by atomic mass is 19.4. The smallest absolute Gasteiger partial charge is 0.389 e. The van der Waals surface area contributed by atoms with Crippen LogP contribution in [0, 0.1) is 0 Å². The van der Waals surface area contributed by atoms with Gasteiger partial charge in [0.05, 0.1) is 0 Å². The van der Waals surface area contributed by atoms with Crippen LogP contribution in [0.2, 0.25) is 0 Å². The van der Waals surface area contributed by atoms with Gasteiger partial charge in [-0.1, -0.05) is 12.1 Å². The third-order valence-electron chi connectivity index (χ3n) is 2.61. The molecule has 6 heteroatoms. The first kappa shape index (κ1) is 12.5. The number of hydrogen-bond acceptors (Lipinski definition) is 1. The van der Waals surface area contributed by atoms with Crippen LogP contribution in [0.25, 0.3) is 10.9 Å². The molecule has 0 spiro atoms. The fourth-order valence-corrected chi connectivity index (χ4v) is 1.73. The predicted molar refractivity (Wildman–Crippen MR) is 59.6 cm³/mol. The Morgan fingerprint density at radius 1 is 1.28 bits per heavy atom. The van der Waals surface area contributed by atoms with E-state index in [-0.39, 0.29) is 12.1 Å². The van der Waals surface area contributed by atoms with Crippen LogP contribution in [0.5, 0.6) is 0 Å². The van der Waals surface area contributed by atoms with Gasteiger partial charge in [-0.3, -0.25) is 0 Å². The number of fused-ring (bicyclic) bond motifs is 1. The molecule has 2 aromatic rings. The quantitative estimate of drug-likeness (QED) is 0.885. The van der Waals surface area contributed by atoms with E-state index >= 15 is 0 Å². The van der Waals surface area contributed by atoms with Crippen LogP contribution in [0.15, 0.2) is 24.3 Å². The number of H-pyrrole nitrogens is 1. The molecule has 2 N–H and O–H groups in total. The number of halogens is 3. The molecule has 18 heavy (non-hydrogen) atoms. The zero-order chi connectivity index (χ0) is 13.3. The fourth-order valence-electron chi connectivity index (χ4n) is 1.73. The van der Waals surface area contributed by atoms with Crippen LogP contribution in [0.1, 0.15) is 22.5 Å². The Hall–Kier alpha value is -1.98. The first-order valence-electron chi connectivity index (χ1n) is 5.27. The number of carboxylic acid groups (broad SMARTS) is 1. The van der Waals surface area contributed by atoms with Gasteiger partial charge in [-0.15, -0.1) is 0 Å². The van der Waals surface area contributed by atoms with Crippen molar-refractivity contribution in [2.24, 2.45) is 0 Å². The van der Waals surface area contributed by atoms with Crippen LogP contribution in [0.3, 0.4) is 0 Å². The molecule has 1 aromatic carbocycles. The summed E-state index contributed by atoms with van der Waals surface area (Å²) >= 11 is 0. The topological polar surface area (TPSA) is 53.1 Å². The Kier molecular flexibility index (Phi) is 3.02. The molecule has 0 unspecified atom stereocenters. The first-order valence-corrected chi connectivity index (χ1v) is 5.27.